The van der Waals surface area contributed by atoms with Crippen molar-refractivity contribution < 1.29 is 4.74 Å². The van der Waals surface area contributed by atoms with E-state index in [1.807, 2.05) is 7.05 Å². The van der Waals surface area contributed by atoms with Crippen LogP contribution in [0.2, 0.25) is 0 Å². The number of benzene rings is 1. The van der Waals surface area contributed by atoms with Crippen LogP contribution in [0.4, 0.5) is 0 Å². The number of hydrogen-bond acceptors (Lipinski definition) is 3. The normalized spacial score (nSPS) is 21.1. The lowest BCUT2D eigenvalue weighted by atomic mass is 9.76. The Hall–Kier alpha value is -0.860. The van der Waals surface area contributed by atoms with E-state index in [2.05, 4.69) is 64.3 Å². The second-order valence-electron chi connectivity index (χ2n) is 8.27. The molecular formula is C23H39IN4O. The van der Waals surface area contributed by atoms with Gasteiger partial charge in [0.05, 0.1) is 13.2 Å². The minimum Gasteiger partial charge on any atom is -0.379 e. The molecule has 0 spiro atoms. The van der Waals surface area contributed by atoms with Crippen LogP contribution >= 0.6 is 24.0 Å². The van der Waals surface area contributed by atoms with Crippen molar-refractivity contribution in [1.29, 1.82) is 0 Å². The topological polar surface area (TPSA) is 40.1 Å². The fraction of sp³-hybridized carbons (Fsp3) is 0.696. The highest BCUT2D eigenvalue weighted by atomic mass is 127. The van der Waals surface area contributed by atoms with E-state index in [9.17, 15) is 0 Å². The zero-order valence-corrected chi connectivity index (χ0v) is 20.7. The Kier molecular flexibility index (Phi) is 10.2. The van der Waals surface area contributed by atoms with Crippen LogP contribution in [0.3, 0.4) is 0 Å². The standard InChI is InChI=1S/C23H38N4O.HI/c1-4-23(5-2,21-9-7-6-8-10-21)19-25-22(24-3)27-12-11-20(18-27)17-26-13-15-28-16-14-26;/h6-10,20H,4-5,11-19H2,1-3H3,(H,24,25);1H. The molecule has 0 saturated carbocycles. The van der Waals surface area contributed by atoms with E-state index in [1.54, 1.807) is 0 Å². The third-order valence-electron chi connectivity index (χ3n) is 6.74. The van der Waals surface area contributed by atoms with Gasteiger partial charge in [0.1, 0.15) is 0 Å². The van der Waals surface area contributed by atoms with Gasteiger partial charge in [-0.25, -0.2) is 0 Å². The Labute approximate surface area is 194 Å². The van der Waals surface area contributed by atoms with E-state index >= 15 is 0 Å². The molecule has 0 radical (unpaired) electrons. The molecule has 0 amide bonds. The number of halogens is 1. The van der Waals surface area contributed by atoms with E-state index in [-0.39, 0.29) is 29.4 Å². The monoisotopic (exact) mass is 514 g/mol. The first-order valence-electron chi connectivity index (χ1n) is 11.0. The van der Waals surface area contributed by atoms with Gasteiger partial charge >= 0.3 is 0 Å². The van der Waals surface area contributed by atoms with Crippen molar-refractivity contribution >= 4 is 29.9 Å². The number of morpholine rings is 1. The van der Waals surface area contributed by atoms with Gasteiger partial charge < -0.3 is 15.0 Å². The number of likely N-dealkylation sites (tertiary alicyclic amines) is 1. The average molecular weight is 514 g/mol. The Bertz CT molecular complexity index is 615. The number of nitrogens with one attached hydrogen (secondary N) is 1. The number of aliphatic imine (C=N–C) groups is 1. The number of hydrogen-bond donors (Lipinski definition) is 1. The average Bonchev–Trinajstić information content (AvgIpc) is 3.21. The molecule has 1 atom stereocenters. The van der Waals surface area contributed by atoms with Gasteiger partial charge in [0.15, 0.2) is 5.96 Å². The van der Waals surface area contributed by atoms with Crippen molar-refractivity contribution in [2.24, 2.45) is 10.9 Å². The second-order valence-corrected chi connectivity index (χ2v) is 8.27. The van der Waals surface area contributed by atoms with Gasteiger partial charge in [-0.05, 0) is 30.7 Å². The molecule has 1 aromatic carbocycles. The molecule has 29 heavy (non-hydrogen) atoms. The van der Waals surface area contributed by atoms with Gasteiger partial charge in [0.25, 0.3) is 0 Å². The molecule has 1 N–H and O–H groups in total. The third kappa shape index (κ3) is 6.31. The van der Waals surface area contributed by atoms with Crippen molar-refractivity contribution in [3.8, 4) is 0 Å². The Balaban J connectivity index is 0.00000300. The summed E-state index contributed by atoms with van der Waals surface area (Å²) in [7, 11) is 1.92. The van der Waals surface area contributed by atoms with Crippen molar-refractivity contribution in [3.05, 3.63) is 35.9 Å². The maximum Gasteiger partial charge on any atom is 0.193 e. The molecule has 2 fully saturated rings. The Morgan fingerprint density at radius 2 is 1.83 bits per heavy atom. The summed E-state index contributed by atoms with van der Waals surface area (Å²) >= 11 is 0. The van der Waals surface area contributed by atoms with Crippen LogP contribution in [-0.2, 0) is 10.2 Å². The van der Waals surface area contributed by atoms with Crippen LogP contribution in [0.1, 0.15) is 38.7 Å². The molecule has 2 aliphatic rings. The largest absolute Gasteiger partial charge is 0.379 e. The first-order chi connectivity index (χ1) is 13.7. The highest BCUT2D eigenvalue weighted by Gasteiger charge is 2.31. The summed E-state index contributed by atoms with van der Waals surface area (Å²) in [5, 5.41) is 3.72. The lowest BCUT2D eigenvalue weighted by molar-refractivity contribution is 0.0315. The number of nitrogens with zero attached hydrogens (tertiary/aromatic N) is 3. The van der Waals surface area contributed by atoms with E-state index in [0.717, 1.165) is 70.7 Å². The molecule has 2 saturated heterocycles. The molecule has 1 unspecified atom stereocenters. The highest BCUT2D eigenvalue weighted by molar-refractivity contribution is 14.0. The van der Waals surface area contributed by atoms with Crippen molar-refractivity contribution in [2.45, 2.75) is 38.5 Å². The first-order valence-corrected chi connectivity index (χ1v) is 11.0. The molecule has 3 rings (SSSR count). The first kappa shape index (κ1) is 24.4. The summed E-state index contributed by atoms with van der Waals surface area (Å²) in [5.41, 5.74) is 1.58. The molecular weight excluding hydrogens is 475 g/mol. The highest BCUT2D eigenvalue weighted by Crippen LogP contribution is 2.31. The molecule has 2 aliphatic heterocycles. The quantitative estimate of drug-likeness (QED) is 0.343. The zero-order valence-electron chi connectivity index (χ0n) is 18.4. The van der Waals surface area contributed by atoms with Crippen LogP contribution in [0.25, 0.3) is 0 Å². The van der Waals surface area contributed by atoms with E-state index in [1.165, 1.54) is 18.5 Å². The van der Waals surface area contributed by atoms with Gasteiger partial charge in [-0.15, -0.1) is 24.0 Å². The number of rotatable bonds is 7. The fourth-order valence-electron chi connectivity index (χ4n) is 4.71. The molecule has 2 heterocycles. The molecule has 5 nitrogen and oxygen atoms in total. The second kappa shape index (κ2) is 12.1. The maximum atomic E-state index is 5.48. The smallest absolute Gasteiger partial charge is 0.193 e. The van der Waals surface area contributed by atoms with Crippen molar-refractivity contribution in [1.82, 2.24) is 15.1 Å². The molecule has 164 valence electrons. The summed E-state index contributed by atoms with van der Waals surface area (Å²) in [6.45, 7) is 12.9. The lowest BCUT2D eigenvalue weighted by Crippen LogP contribution is -2.47. The zero-order chi connectivity index (χ0) is 19.8. The molecule has 6 heteroatoms. The summed E-state index contributed by atoms with van der Waals surface area (Å²) in [6.07, 6.45) is 3.50. The van der Waals surface area contributed by atoms with Gasteiger partial charge in [-0.3, -0.25) is 9.89 Å². The lowest BCUT2D eigenvalue weighted by Gasteiger charge is -2.34. The van der Waals surface area contributed by atoms with Crippen LogP contribution < -0.4 is 5.32 Å². The van der Waals surface area contributed by atoms with Crippen LogP contribution in [0.5, 0.6) is 0 Å². The van der Waals surface area contributed by atoms with Crippen LogP contribution in [0.15, 0.2) is 35.3 Å². The molecule has 1 aromatic rings. The fourth-order valence-corrected chi connectivity index (χ4v) is 4.71. The van der Waals surface area contributed by atoms with E-state index in [4.69, 9.17) is 4.74 Å². The van der Waals surface area contributed by atoms with E-state index < -0.39 is 0 Å². The van der Waals surface area contributed by atoms with Gasteiger partial charge in [-0.2, -0.15) is 0 Å². The van der Waals surface area contributed by atoms with Gasteiger partial charge in [-0.1, -0.05) is 44.2 Å². The van der Waals surface area contributed by atoms with Crippen molar-refractivity contribution in [3.63, 3.8) is 0 Å². The minimum atomic E-state index is 0. The molecule has 0 aromatic heterocycles. The van der Waals surface area contributed by atoms with Crippen LogP contribution in [0, 0.1) is 5.92 Å². The summed E-state index contributed by atoms with van der Waals surface area (Å²) < 4.78 is 5.48. The predicted molar refractivity (Wildman–Crippen MR) is 132 cm³/mol. The molecule has 0 bridgehead atoms. The van der Waals surface area contributed by atoms with Gasteiger partial charge in [0.2, 0.25) is 0 Å². The maximum absolute atomic E-state index is 5.48. The summed E-state index contributed by atoms with van der Waals surface area (Å²) in [6, 6.07) is 10.9. The summed E-state index contributed by atoms with van der Waals surface area (Å²) in [4.78, 5) is 9.62. The minimum absolute atomic E-state index is 0. The molecule has 0 aliphatic carbocycles. The third-order valence-corrected chi connectivity index (χ3v) is 6.74. The Morgan fingerprint density at radius 1 is 1.14 bits per heavy atom. The van der Waals surface area contributed by atoms with Gasteiger partial charge in [0, 0.05) is 51.7 Å². The van der Waals surface area contributed by atoms with Crippen LogP contribution in [-0.4, -0.2) is 75.3 Å². The predicted octanol–water partition coefficient (Wildman–Crippen LogP) is 3.59. The van der Waals surface area contributed by atoms with E-state index in [0.29, 0.717) is 0 Å². The SMILES string of the molecule is CCC(CC)(CNC(=NC)N1CCC(CN2CCOCC2)C1)c1ccccc1.I. The number of guanidine groups is 1. The Morgan fingerprint density at radius 3 is 2.45 bits per heavy atom. The summed E-state index contributed by atoms with van der Waals surface area (Å²) in [5.74, 6) is 1.79. The van der Waals surface area contributed by atoms with Crippen molar-refractivity contribution in [2.75, 3.05) is 59.5 Å². The number of ether oxygens (including phenoxy) is 1.